The molecule has 0 saturated carbocycles. The van der Waals surface area contributed by atoms with Crippen molar-refractivity contribution in [3.05, 3.63) is 59.2 Å². The van der Waals surface area contributed by atoms with Crippen LogP contribution in [0.2, 0.25) is 0 Å². The first-order chi connectivity index (χ1) is 19.6. The van der Waals surface area contributed by atoms with E-state index in [9.17, 15) is 42.3 Å². The molecule has 0 amide bonds. The number of alkyl halides is 3. The third kappa shape index (κ3) is 8.03. The van der Waals surface area contributed by atoms with Gasteiger partial charge in [0.1, 0.15) is 5.75 Å². The standard InChI is InChI=1S/C25H21F3N4O10/c26-25(27,28)22(39)41-21(38)24(11-19(35)36)10-17(32-42-24)14-7-12(1-6-18(33)34)8-16(9-14)40-20(37)13-2-4-15(5-3-13)31-23(29)30/h2-5,7-9H,1,6,10-11H2,(H,33,34)(H,35,36)(H4,29,30,31). The van der Waals surface area contributed by atoms with Crippen molar-refractivity contribution in [1.82, 2.24) is 0 Å². The molecule has 1 unspecified atom stereocenters. The molecular formula is C25H21F3N4O10. The summed E-state index contributed by atoms with van der Waals surface area (Å²) in [6.07, 6.45) is -7.95. The number of nitrogens with zero attached hydrogens (tertiary/aromatic N) is 2. The molecule has 2 aromatic rings. The number of guanidine groups is 1. The van der Waals surface area contributed by atoms with Crippen molar-refractivity contribution in [2.75, 3.05) is 0 Å². The zero-order chi connectivity index (χ0) is 31.2. The quantitative estimate of drug-likeness (QED) is 0.101. The van der Waals surface area contributed by atoms with Crippen molar-refractivity contribution >= 4 is 47.2 Å². The number of oxime groups is 1. The van der Waals surface area contributed by atoms with Crippen molar-refractivity contribution in [1.29, 1.82) is 0 Å². The molecule has 1 atom stereocenters. The number of nitrogens with two attached hydrogens (primary N) is 2. The van der Waals surface area contributed by atoms with E-state index in [1.54, 1.807) is 0 Å². The van der Waals surface area contributed by atoms with Gasteiger partial charge in [-0.05, 0) is 54.4 Å². The number of aryl methyl sites for hydroxylation is 1. The van der Waals surface area contributed by atoms with E-state index in [1.807, 2.05) is 0 Å². The number of rotatable bonds is 10. The first-order valence-corrected chi connectivity index (χ1v) is 11.7. The maximum atomic E-state index is 12.7. The molecule has 0 aliphatic carbocycles. The molecule has 3 rings (SSSR count). The molecule has 0 aromatic heterocycles. The molecule has 42 heavy (non-hydrogen) atoms. The number of benzene rings is 2. The van der Waals surface area contributed by atoms with Crippen LogP contribution in [0.1, 0.15) is 40.7 Å². The van der Waals surface area contributed by atoms with Gasteiger partial charge in [0.15, 0.2) is 5.96 Å². The van der Waals surface area contributed by atoms with Crippen LogP contribution < -0.4 is 16.2 Å². The van der Waals surface area contributed by atoms with Crippen LogP contribution in [0.5, 0.6) is 5.75 Å². The van der Waals surface area contributed by atoms with E-state index >= 15 is 0 Å². The number of hydrogen-bond acceptors (Lipinski definition) is 10. The highest BCUT2D eigenvalue weighted by molar-refractivity contribution is 6.07. The van der Waals surface area contributed by atoms with Gasteiger partial charge in [-0.15, -0.1) is 0 Å². The van der Waals surface area contributed by atoms with Crippen molar-refractivity contribution in [2.45, 2.75) is 37.5 Å². The van der Waals surface area contributed by atoms with E-state index in [1.165, 1.54) is 42.5 Å². The molecular weight excluding hydrogens is 573 g/mol. The summed E-state index contributed by atoms with van der Waals surface area (Å²) in [5.41, 5.74) is 8.56. The second-order valence-corrected chi connectivity index (χ2v) is 8.78. The number of hydrogen-bond donors (Lipinski definition) is 4. The lowest BCUT2D eigenvalue weighted by Gasteiger charge is -2.22. The predicted molar refractivity (Wildman–Crippen MR) is 134 cm³/mol. The normalized spacial score (nSPS) is 16.0. The van der Waals surface area contributed by atoms with Gasteiger partial charge >= 0.3 is 36.0 Å². The van der Waals surface area contributed by atoms with Crippen LogP contribution in [0.4, 0.5) is 18.9 Å². The fraction of sp³-hybridized carbons (Fsp3) is 0.240. The first-order valence-electron chi connectivity index (χ1n) is 11.7. The average Bonchev–Trinajstić information content (AvgIpc) is 3.31. The van der Waals surface area contributed by atoms with Gasteiger partial charge in [0.2, 0.25) is 5.60 Å². The molecule has 0 fully saturated rings. The molecule has 1 aliphatic heterocycles. The maximum Gasteiger partial charge on any atom is 0.491 e. The van der Waals surface area contributed by atoms with Gasteiger partial charge in [-0.1, -0.05) is 5.16 Å². The SMILES string of the molecule is NC(N)=Nc1ccc(C(=O)Oc2cc(CCC(=O)O)cc(C3=NOC(CC(=O)O)(C(=O)OC(=O)C(F)(F)F)C3)c2)cc1. The van der Waals surface area contributed by atoms with Crippen LogP contribution in [0.3, 0.4) is 0 Å². The summed E-state index contributed by atoms with van der Waals surface area (Å²) in [5, 5.41) is 21.9. The highest BCUT2D eigenvalue weighted by atomic mass is 19.4. The van der Waals surface area contributed by atoms with Gasteiger partial charge in [0.05, 0.1) is 23.4 Å². The molecule has 0 spiro atoms. The third-order valence-electron chi connectivity index (χ3n) is 5.51. The smallest absolute Gasteiger partial charge is 0.481 e. The predicted octanol–water partition coefficient (Wildman–Crippen LogP) is 1.80. The number of esters is 3. The Bertz CT molecular complexity index is 1480. The molecule has 222 valence electrons. The summed E-state index contributed by atoms with van der Waals surface area (Å²) in [6.45, 7) is 0. The molecule has 1 heterocycles. The number of carboxylic acid groups (broad SMARTS) is 2. The summed E-state index contributed by atoms with van der Waals surface area (Å²) in [6, 6.07) is 9.52. The van der Waals surface area contributed by atoms with Gasteiger partial charge in [-0.25, -0.2) is 19.4 Å². The first kappa shape index (κ1) is 31.1. The largest absolute Gasteiger partial charge is 0.491 e. The summed E-state index contributed by atoms with van der Waals surface area (Å²) < 4.78 is 47.1. The number of aliphatic imine (C=N–C) groups is 1. The summed E-state index contributed by atoms with van der Waals surface area (Å²) in [5.74, 6) is -8.85. The number of halogens is 3. The fourth-order valence-corrected chi connectivity index (χ4v) is 3.66. The van der Waals surface area contributed by atoms with Crippen molar-refractivity contribution < 1.29 is 61.7 Å². The Labute approximate surface area is 233 Å². The van der Waals surface area contributed by atoms with Gasteiger partial charge in [0.25, 0.3) is 0 Å². The number of carbonyl (C=O) groups excluding carboxylic acids is 3. The Balaban J connectivity index is 1.91. The maximum absolute atomic E-state index is 12.7. The molecule has 0 saturated heterocycles. The molecule has 6 N–H and O–H groups in total. The minimum absolute atomic E-state index is 0.0472. The van der Waals surface area contributed by atoms with E-state index in [-0.39, 0.29) is 41.4 Å². The summed E-state index contributed by atoms with van der Waals surface area (Å²) in [4.78, 5) is 67.7. The Morgan fingerprint density at radius 3 is 2.26 bits per heavy atom. The van der Waals surface area contributed by atoms with Gasteiger partial charge in [-0.2, -0.15) is 13.2 Å². The van der Waals surface area contributed by atoms with Crippen LogP contribution >= 0.6 is 0 Å². The molecule has 14 nitrogen and oxygen atoms in total. The van der Waals surface area contributed by atoms with Gasteiger partial charge in [0, 0.05) is 18.4 Å². The topological polar surface area (TPSA) is 230 Å². The molecule has 0 radical (unpaired) electrons. The van der Waals surface area contributed by atoms with Crippen LogP contribution in [-0.4, -0.2) is 63.5 Å². The van der Waals surface area contributed by atoms with Crippen LogP contribution in [0.15, 0.2) is 52.6 Å². The Kier molecular flexibility index (Phi) is 9.14. The third-order valence-corrected chi connectivity index (χ3v) is 5.51. The molecule has 17 heteroatoms. The average molecular weight is 594 g/mol. The fourth-order valence-electron chi connectivity index (χ4n) is 3.66. The highest BCUT2D eigenvalue weighted by Crippen LogP contribution is 2.34. The second kappa shape index (κ2) is 12.4. The number of carboxylic acids is 2. The molecule has 0 bridgehead atoms. The zero-order valence-corrected chi connectivity index (χ0v) is 21.2. The van der Waals surface area contributed by atoms with E-state index in [0.29, 0.717) is 11.3 Å². The van der Waals surface area contributed by atoms with E-state index < -0.39 is 54.5 Å². The lowest BCUT2D eigenvalue weighted by atomic mass is 9.90. The zero-order valence-electron chi connectivity index (χ0n) is 21.2. The van der Waals surface area contributed by atoms with Crippen molar-refractivity contribution in [3.8, 4) is 5.75 Å². The molecule has 1 aliphatic rings. The van der Waals surface area contributed by atoms with Gasteiger partial charge < -0.3 is 36.0 Å². The minimum atomic E-state index is -5.55. The molecule has 2 aromatic carbocycles. The van der Waals surface area contributed by atoms with E-state index in [2.05, 4.69) is 14.9 Å². The monoisotopic (exact) mass is 594 g/mol. The Morgan fingerprint density at radius 1 is 1.02 bits per heavy atom. The number of ether oxygens (including phenoxy) is 2. The summed E-state index contributed by atoms with van der Waals surface area (Å²) in [7, 11) is 0. The Hall–Kier alpha value is -5.48. The van der Waals surface area contributed by atoms with Crippen LogP contribution in [-0.2, 0) is 35.2 Å². The van der Waals surface area contributed by atoms with Crippen molar-refractivity contribution in [3.63, 3.8) is 0 Å². The van der Waals surface area contributed by atoms with Crippen LogP contribution in [0.25, 0.3) is 0 Å². The van der Waals surface area contributed by atoms with E-state index in [4.69, 9.17) is 26.1 Å². The highest BCUT2D eigenvalue weighted by Gasteiger charge is 2.53. The lowest BCUT2D eigenvalue weighted by molar-refractivity contribution is -0.209. The van der Waals surface area contributed by atoms with Crippen LogP contribution in [0, 0.1) is 0 Å². The number of aliphatic carboxylic acids is 2. The Morgan fingerprint density at radius 2 is 1.69 bits per heavy atom. The number of carbonyl (C=O) groups is 5. The van der Waals surface area contributed by atoms with Gasteiger partial charge in [-0.3, -0.25) is 9.59 Å². The minimum Gasteiger partial charge on any atom is -0.481 e. The second-order valence-electron chi connectivity index (χ2n) is 8.78. The summed E-state index contributed by atoms with van der Waals surface area (Å²) >= 11 is 0. The van der Waals surface area contributed by atoms with E-state index in [0.717, 1.165) is 0 Å². The van der Waals surface area contributed by atoms with Crippen molar-refractivity contribution in [2.24, 2.45) is 21.6 Å². The lowest BCUT2D eigenvalue weighted by Crippen LogP contribution is -2.45.